The van der Waals surface area contributed by atoms with Crippen molar-refractivity contribution >= 4 is 0 Å². The van der Waals surface area contributed by atoms with Crippen LogP contribution in [0.15, 0.2) is 91.0 Å². The molecule has 0 aromatic heterocycles. The first-order valence-electron chi connectivity index (χ1n) is 8.66. The molecule has 0 unspecified atom stereocenters. The SMILES string of the molecule is OC(C#Cc1ccccc1)(C#Cc1ccccc1)CCc1ccccc1. The summed E-state index contributed by atoms with van der Waals surface area (Å²) < 4.78 is 0. The molecule has 3 aromatic rings. The molecule has 0 radical (unpaired) electrons. The van der Waals surface area contributed by atoms with Crippen molar-refractivity contribution in [2.24, 2.45) is 0 Å². The fourth-order valence-electron chi connectivity index (χ4n) is 2.52. The summed E-state index contributed by atoms with van der Waals surface area (Å²) in [6.07, 6.45) is 1.17. The van der Waals surface area contributed by atoms with E-state index in [0.29, 0.717) is 12.8 Å². The lowest BCUT2D eigenvalue weighted by Crippen LogP contribution is -2.25. The first-order chi connectivity index (χ1) is 12.7. The summed E-state index contributed by atoms with van der Waals surface area (Å²) >= 11 is 0. The number of hydrogen-bond donors (Lipinski definition) is 1. The first kappa shape index (κ1) is 17.6. The van der Waals surface area contributed by atoms with Crippen LogP contribution in [0.5, 0.6) is 0 Å². The Kier molecular flexibility index (Phi) is 5.89. The fourth-order valence-corrected chi connectivity index (χ4v) is 2.52. The molecule has 26 heavy (non-hydrogen) atoms. The van der Waals surface area contributed by atoms with Crippen molar-refractivity contribution in [3.8, 4) is 23.7 Å². The van der Waals surface area contributed by atoms with Gasteiger partial charge < -0.3 is 5.11 Å². The summed E-state index contributed by atoms with van der Waals surface area (Å²) in [6, 6.07) is 29.4. The van der Waals surface area contributed by atoms with Crippen molar-refractivity contribution in [1.82, 2.24) is 0 Å². The van der Waals surface area contributed by atoms with Gasteiger partial charge in [-0.25, -0.2) is 0 Å². The molecule has 0 aliphatic heterocycles. The van der Waals surface area contributed by atoms with E-state index in [2.05, 4.69) is 35.8 Å². The monoisotopic (exact) mass is 336 g/mol. The van der Waals surface area contributed by atoms with Gasteiger partial charge in [0, 0.05) is 17.5 Å². The lowest BCUT2D eigenvalue weighted by Gasteiger charge is -2.15. The van der Waals surface area contributed by atoms with Crippen molar-refractivity contribution in [1.29, 1.82) is 0 Å². The van der Waals surface area contributed by atoms with Gasteiger partial charge in [0.2, 0.25) is 0 Å². The minimum Gasteiger partial charge on any atom is -0.367 e. The van der Waals surface area contributed by atoms with E-state index in [1.807, 2.05) is 78.9 Å². The summed E-state index contributed by atoms with van der Waals surface area (Å²) in [7, 11) is 0. The van der Waals surface area contributed by atoms with Crippen LogP contribution in [0.4, 0.5) is 0 Å². The highest BCUT2D eigenvalue weighted by Crippen LogP contribution is 2.14. The molecule has 0 atom stereocenters. The standard InChI is InChI=1S/C25H20O/c26-25(19-16-22-10-4-1-5-11-22,20-17-23-12-6-2-7-13-23)21-18-24-14-8-3-9-15-24/h1-15,26H,16,19H2. The maximum absolute atomic E-state index is 11.0. The van der Waals surface area contributed by atoms with E-state index in [9.17, 15) is 5.11 Å². The minimum atomic E-state index is -1.36. The number of hydrogen-bond acceptors (Lipinski definition) is 1. The number of aliphatic hydroxyl groups is 1. The molecule has 0 bridgehead atoms. The third-order valence-electron chi connectivity index (χ3n) is 3.99. The van der Waals surface area contributed by atoms with Crippen LogP contribution in [0.25, 0.3) is 0 Å². The van der Waals surface area contributed by atoms with Gasteiger partial charge in [0.25, 0.3) is 0 Å². The zero-order valence-electron chi connectivity index (χ0n) is 14.5. The van der Waals surface area contributed by atoms with Gasteiger partial charge in [-0.05, 0) is 48.1 Å². The van der Waals surface area contributed by atoms with E-state index in [1.54, 1.807) is 0 Å². The van der Waals surface area contributed by atoms with Gasteiger partial charge in [0.1, 0.15) is 0 Å². The van der Waals surface area contributed by atoms with Crippen LogP contribution in [0.3, 0.4) is 0 Å². The van der Waals surface area contributed by atoms with Crippen LogP contribution in [0.2, 0.25) is 0 Å². The van der Waals surface area contributed by atoms with Crippen molar-refractivity contribution < 1.29 is 5.11 Å². The van der Waals surface area contributed by atoms with Crippen LogP contribution in [0.1, 0.15) is 23.1 Å². The van der Waals surface area contributed by atoms with Gasteiger partial charge in [0.05, 0.1) is 0 Å². The van der Waals surface area contributed by atoms with Gasteiger partial charge in [0.15, 0.2) is 5.60 Å². The number of aryl methyl sites for hydroxylation is 1. The van der Waals surface area contributed by atoms with E-state index < -0.39 is 5.60 Å². The zero-order chi connectivity index (χ0) is 18.1. The second-order valence-corrected chi connectivity index (χ2v) is 6.08. The second-order valence-electron chi connectivity index (χ2n) is 6.08. The Morgan fingerprint density at radius 1 is 0.615 bits per heavy atom. The molecule has 0 saturated carbocycles. The lowest BCUT2D eigenvalue weighted by molar-refractivity contribution is 0.153. The lowest BCUT2D eigenvalue weighted by atomic mass is 9.95. The highest BCUT2D eigenvalue weighted by Gasteiger charge is 2.21. The van der Waals surface area contributed by atoms with E-state index in [-0.39, 0.29) is 0 Å². The molecule has 0 amide bonds. The molecule has 1 N–H and O–H groups in total. The molecule has 0 aliphatic carbocycles. The van der Waals surface area contributed by atoms with Crippen molar-refractivity contribution in [2.45, 2.75) is 18.4 Å². The van der Waals surface area contributed by atoms with Gasteiger partial charge in [-0.3, -0.25) is 0 Å². The van der Waals surface area contributed by atoms with E-state index in [0.717, 1.165) is 16.7 Å². The smallest absolute Gasteiger partial charge is 0.188 e. The van der Waals surface area contributed by atoms with Crippen LogP contribution < -0.4 is 0 Å². The highest BCUT2D eigenvalue weighted by molar-refractivity contribution is 5.43. The van der Waals surface area contributed by atoms with Gasteiger partial charge in [-0.2, -0.15) is 0 Å². The minimum absolute atomic E-state index is 0.455. The molecule has 1 heteroatoms. The Balaban J connectivity index is 1.85. The predicted octanol–water partition coefficient (Wildman–Crippen LogP) is 4.45. The third kappa shape index (κ3) is 5.38. The predicted molar refractivity (Wildman–Crippen MR) is 106 cm³/mol. The van der Waals surface area contributed by atoms with Crippen LogP contribution >= 0.6 is 0 Å². The summed E-state index contributed by atoms with van der Waals surface area (Å²) in [5, 5.41) is 11.0. The largest absolute Gasteiger partial charge is 0.367 e. The molecule has 0 heterocycles. The summed E-state index contributed by atoms with van der Waals surface area (Å²) in [5.74, 6) is 12.1. The van der Waals surface area contributed by atoms with Crippen molar-refractivity contribution in [3.05, 3.63) is 108 Å². The number of rotatable bonds is 3. The summed E-state index contributed by atoms with van der Waals surface area (Å²) in [6.45, 7) is 0. The van der Waals surface area contributed by atoms with Gasteiger partial charge in [-0.1, -0.05) is 78.6 Å². The Morgan fingerprint density at radius 3 is 1.50 bits per heavy atom. The fraction of sp³-hybridized carbons (Fsp3) is 0.120. The molecule has 1 nitrogen and oxygen atoms in total. The number of benzene rings is 3. The van der Waals surface area contributed by atoms with Gasteiger partial charge >= 0.3 is 0 Å². The maximum Gasteiger partial charge on any atom is 0.188 e. The third-order valence-corrected chi connectivity index (χ3v) is 3.99. The molecular formula is C25H20O. The van der Waals surface area contributed by atoms with Crippen molar-refractivity contribution in [3.63, 3.8) is 0 Å². The second kappa shape index (κ2) is 8.72. The Bertz CT molecular complexity index is 879. The molecule has 0 aliphatic rings. The molecule has 126 valence electrons. The van der Waals surface area contributed by atoms with Crippen LogP contribution in [-0.2, 0) is 6.42 Å². The van der Waals surface area contributed by atoms with Crippen LogP contribution in [-0.4, -0.2) is 10.7 Å². The topological polar surface area (TPSA) is 20.2 Å². The molecule has 3 aromatic carbocycles. The molecule has 0 spiro atoms. The Morgan fingerprint density at radius 2 is 1.04 bits per heavy atom. The van der Waals surface area contributed by atoms with E-state index >= 15 is 0 Å². The molecule has 0 fully saturated rings. The van der Waals surface area contributed by atoms with Crippen molar-refractivity contribution in [2.75, 3.05) is 0 Å². The molecule has 3 rings (SSSR count). The van der Waals surface area contributed by atoms with E-state index in [4.69, 9.17) is 0 Å². The Labute approximate surface area is 155 Å². The Hall–Kier alpha value is -3.26. The van der Waals surface area contributed by atoms with Crippen LogP contribution in [0, 0.1) is 23.7 Å². The summed E-state index contributed by atoms with van der Waals surface area (Å²) in [5.41, 5.74) is 1.54. The maximum atomic E-state index is 11.0. The first-order valence-corrected chi connectivity index (χ1v) is 8.66. The average Bonchev–Trinajstić information content (AvgIpc) is 2.72. The average molecular weight is 336 g/mol. The normalized spacial score (nSPS) is 10.2. The van der Waals surface area contributed by atoms with Gasteiger partial charge in [-0.15, -0.1) is 0 Å². The van der Waals surface area contributed by atoms with E-state index in [1.165, 1.54) is 0 Å². The highest BCUT2D eigenvalue weighted by atomic mass is 16.3. The quantitative estimate of drug-likeness (QED) is 0.701. The molecular weight excluding hydrogens is 316 g/mol. The zero-order valence-corrected chi connectivity index (χ0v) is 14.5. The molecule has 0 saturated heterocycles. The summed E-state index contributed by atoms with van der Waals surface area (Å²) in [4.78, 5) is 0.